The third-order valence-electron chi connectivity index (χ3n) is 3.73. The maximum atomic E-state index is 5.98. The molecule has 3 heteroatoms. The Morgan fingerprint density at radius 3 is 2.20 bits per heavy atom. The summed E-state index contributed by atoms with van der Waals surface area (Å²) in [5, 5.41) is 0.506. The molecule has 106 valence electrons. The Morgan fingerprint density at radius 2 is 1.65 bits per heavy atom. The predicted molar refractivity (Wildman–Crippen MR) is 85.7 cm³/mol. The van der Waals surface area contributed by atoms with Gasteiger partial charge in [0.05, 0.1) is 10.7 Å². The van der Waals surface area contributed by atoms with Crippen LogP contribution in [-0.4, -0.2) is 0 Å². The molecule has 0 aromatic heterocycles. The predicted octanol–water partition coefficient (Wildman–Crippen LogP) is 5.40. The highest BCUT2D eigenvalue weighted by Gasteiger charge is 2.17. The molecule has 0 atom stereocenters. The molecular weight excluding hydrogens is 270 g/mol. The van der Waals surface area contributed by atoms with Crippen LogP contribution >= 0.6 is 11.6 Å². The van der Waals surface area contributed by atoms with Crippen LogP contribution < -0.4 is 10.5 Å². The van der Waals surface area contributed by atoms with Crippen LogP contribution in [0.3, 0.4) is 0 Å². The zero-order chi connectivity index (χ0) is 14.8. The molecule has 2 nitrogen and oxygen atoms in total. The van der Waals surface area contributed by atoms with Gasteiger partial charge >= 0.3 is 0 Å². The minimum absolute atomic E-state index is 0.184. The van der Waals surface area contributed by atoms with Gasteiger partial charge in [-0.25, -0.2) is 0 Å². The standard InChI is InChI=1S/C17H20ClNO/c1-4-17(2,3)12-5-7-13(8-6-12)20-14-9-10-16(19)15(18)11-14/h5-11H,4,19H2,1-3H3. The molecule has 2 rings (SSSR count). The van der Waals surface area contributed by atoms with Crippen LogP contribution in [0.1, 0.15) is 32.8 Å². The number of halogens is 1. The van der Waals surface area contributed by atoms with Gasteiger partial charge in [-0.05, 0) is 41.7 Å². The first-order valence-electron chi connectivity index (χ1n) is 6.76. The second kappa shape index (κ2) is 5.76. The molecule has 0 bridgehead atoms. The maximum absolute atomic E-state index is 5.98. The van der Waals surface area contributed by atoms with Crippen molar-refractivity contribution < 1.29 is 4.74 Å². The molecule has 2 N–H and O–H groups in total. The molecule has 0 saturated heterocycles. The topological polar surface area (TPSA) is 35.2 Å². The van der Waals surface area contributed by atoms with E-state index < -0.39 is 0 Å². The number of hydrogen-bond acceptors (Lipinski definition) is 2. The maximum Gasteiger partial charge on any atom is 0.129 e. The molecule has 2 aromatic rings. The molecule has 0 fully saturated rings. The van der Waals surface area contributed by atoms with Gasteiger partial charge in [-0.2, -0.15) is 0 Å². The summed E-state index contributed by atoms with van der Waals surface area (Å²) < 4.78 is 5.78. The average molecular weight is 290 g/mol. The summed E-state index contributed by atoms with van der Waals surface area (Å²) in [7, 11) is 0. The fourth-order valence-electron chi connectivity index (χ4n) is 1.89. The summed E-state index contributed by atoms with van der Waals surface area (Å²) in [6.07, 6.45) is 1.10. The normalized spacial score (nSPS) is 11.4. The Labute approximate surface area is 125 Å². The first-order valence-corrected chi connectivity index (χ1v) is 7.13. The SMILES string of the molecule is CCC(C)(C)c1ccc(Oc2ccc(N)c(Cl)c2)cc1. The van der Waals surface area contributed by atoms with E-state index in [-0.39, 0.29) is 5.41 Å². The Morgan fingerprint density at radius 1 is 1.05 bits per heavy atom. The van der Waals surface area contributed by atoms with Crippen molar-refractivity contribution in [3.8, 4) is 11.5 Å². The second-order valence-corrected chi connectivity index (χ2v) is 5.95. The summed E-state index contributed by atoms with van der Waals surface area (Å²) in [6.45, 7) is 6.67. The second-order valence-electron chi connectivity index (χ2n) is 5.55. The van der Waals surface area contributed by atoms with Crippen LogP contribution in [0.25, 0.3) is 0 Å². The number of anilines is 1. The monoisotopic (exact) mass is 289 g/mol. The van der Waals surface area contributed by atoms with Gasteiger partial charge in [0.1, 0.15) is 11.5 Å². The van der Waals surface area contributed by atoms with E-state index in [0.717, 1.165) is 12.2 Å². The molecule has 0 aliphatic rings. The minimum atomic E-state index is 0.184. The van der Waals surface area contributed by atoms with E-state index in [1.807, 2.05) is 18.2 Å². The third-order valence-corrected chi connectivity index (χ3v) is 4.05. The Bertz CT molecular complexity index is 590. The van der Waals surface area contributed by atoms with Crippen LogP contribution in [0.5, 0.6) is 11.5 Å². The van der Waals surface area contributed by atoms with Gasteiger partial charge in [0.2, 0.25) is 0 Å². The third kappa shape index (κ3) is 3.26. The van der Waals surface area contributed by atoms with Gasteiger partial charge in [-0.15, -0.1) is 0 Å². The van der Waals surface area contributed by atoms with Gasteiger partial charge in [0.15, 0.2) is 0 Å². The average Bonchev–Trinajstić information content (AvgIpc) is 2.43. The summed E-state index contributed by atoms with van der Waals surface area (Å²) in [6, 6.07) is 13.5. The van der Waals surface area contributed by atoms with E-state index >= 15 is 0 Å². The quantitative estimate of drug-likeness (QED) is 0.765. The molecule has 0 heterocycles. The van der Waals surface area contributed by atoms with Gasteiger partial charge in [0, 0.05) is 6.07 Å². The van der Waals surface area contributed by atoms with E-state index in [9.17, 15) is 0 Å². The molecule has 0 unspecified atom stereocenters. The first-order chi connectivity index (χ1) is 9.42. The molecule has 0 spiro atoms. The Hall–Kier alpha value is -1.67. The lowest BCUT2D eigenvalue weighted by Gasteiger charge is -2.23. The Kier molecular flexibility index (Phi) is 4.24. The number of rotatable bonds is 4. The number of nitrogens with two attached hydrogens (primary N) is 1. The van der Waals surface area contributed by atoms with Gasteiger partial charge in [-0.3, -0.25) is 0 Å². The molecule has 0 amide bonds. The summed E-state index contributed by atoms with van der Waals surface area (Å²) in [5.41, 5.74) is 7.72. The van der Waals surface area contributed by atoms with Crippen molar-refractivity contribution in [3.63, 3.8) is 0 Å². The summed E-state index contributed by atoms with van der Waals surface area (Å²) in [5.74, 6) is 1.48. The number of hydrogen-bond donors (Lipinski definition) is 1. The summed E-state index contributed by atoms with van der Waals surface area (Å²) in [4.78, 5) is 0. The molecule has 20 heavy (non-hydrogen) atoms. The number of benzene rings is 2. The van der Waals surface area contributed by atoms with Gasteiger partial charge < -0.3 is 10.5 Å². The van der Waals surface area contributed by atoms with Crippen LogP contribution in [0, 0.1) is 0 Å². The molecule has 0 radical (unpaired) electrons. The van der Waals surface area contributed by atoms with Crippen molar-refractivity contribution in [2.24, 2.45) is 0 Å². The largest absolute Gasteiger partial charge is 0.457 e. The molecule has 0 aliphatic carbocycles. The van der Waals surface area contributed by atoms with E-state index in [0.29, 0.717) is 16.5 Å². The van der Waals surface area contributed by atoms with Crippen LogP contribution in [0.4, 0.5) is 5.69 Å². The van der Waals surface area contributed by atoms with Crippen molar-refractivity contribution in [3.05, 3.63) is 53.1 Å². The molecule has 0 aliphatic heterocycles. The van der Waals surface area contributed by atoms with Crippen molar-refractivity contribution in [1.82, 2.24) is 0 Å². The van der Waals surface area contributed by atoms with Crippen molar-refractivity contribution >= 4 is 17.3 Å². The van der Waals surface area contributed by atoms with Crippen LogP contribution in [-0.2, 0) is 5.41 Å². The Balaban J connectivity index is 2.16. The van der Waals surface area contributed by atoms with E-state index in [1.54, 1.807) is 12.1 Å². The highest BCUT2D eigenvalue weighted by atomic mass is 35.5. The molecular formula is C17H20ClNO. The number of ether oxygens (including phenoxy) is 1. The highest BCUT2D eigenvalue weighted by Crippen LogP contribution is 2.31. The first kappa shape index (κ1) is 14.7. The van der Waals surface area contributed by atoms with E-state index in [2.05, 4.69) is 32.9 Å². The van der Waals surface area contributed by atoms with Crippen molar-refractivity contribution in [2.75, 3.05) is 5.73 Å². The fraction of sp³-hybridized carbons (Fsp3) is 0.294. The van der Waals surface area contributed by atoms with Gasteiger partial charge in [-0.1, -0.05) is 44.5 Å². The van der Waals surface area contributed by atoms with E-state index in [4.69, 9.17) is 22.1 Å². The van der Waals surface area contributed by atoms with Crippen LogP contribution in [0.15, 0.2) is 42.5 Å². The lowest BCUT2D eigenvalue weighted by Crippen LogP contribution is -2.14. The van der Waals surface area contributed by atoms with E-state index in [1.165, 1.54) is 5.56 Å². The van der Waals surface area contributed by atoms with Crippen LogP contribution in [0.2, 0.25) is 5.02 Å². The highest BCUT2D eigenvalue weighted by molar-refractivity contribution is 6.33. The van der Waals surface area contributed by atoms with Crippen molar-refractivity contribution in [1.29, 1.82) is 0 Å². The zero-order valence-electron chi connectivity index (χ0n) is 12.1. The van der Waals surface area contributed by atoms with Crippen molar-refractivity contribution in [2.45, 2.75) is 32.6 Å². The number of nitrogen functional groups attached to an aromatic ring is 1. The smallest absolute Gasteiger partial charge is 0.129 e. The molecule has 0 saturated carbocycles. The fourth-order valence-corrected chi connectivity index (χ4v) is 2.06. The minimum Gasteiger partial charge on any atom is -0.457 e. The molecule has 2 aromatic carbocycles. The zero-order valence-corrected chi connectivity index (χ0v) is 12.9. The van der Waals surface area contributed by atoms with Gasteiger partial charge in [0.25, 0.3) is 0 Å². The lowest BCUT2D eigenvalue weighted by molar-refractivity contribution is 0.478. The lowest BCUT2D eigenvalue weighted by atomic mass is 9.82. The summed E-state index contributed by atoms with van der Waals surface area (Å²) >= 11 is 5.98.